The predicted octanol–water partition coefficient (Wildman–Crippen LogP) is 3.79. The van der Waals surface area contributed by atoms with E-state index in [9.17, 15) is 27.6 Å². The van der Waals surface area contributed by atoms with E-state index in [2.05, 4.69) is 4.98 Å². The summed E-state index contributed by atoms with van der Waals surface area (Å²) < 4.78 is 39.2. The minimum absolute atomic E-state index is 0.0878. The smallest absolute Gasteiger partial charge is 0.307 e. The zero-order valence-electron chi connectivity index (χ0n) is 14.8. The largest absolute Gasteiger partial charge is 0.416 e. The molecule has 3 unspecified atom stereocenters. The van der Waals surface area contributed by atoms with Crippen molar-refractivity contribution in [1.82, 2.24) is 4.98 Å². The standard InChI is InChI=1S/C18H15F3N2O3S2/c1-3-17(2)10-11(27-13-12(17)28-16(26)22-13)15(25)23(14(10)24)9-6-4-5-8(7-9)18(19,20)21/h4-7,10-11H,3H2,1-2H3,(H,22,26). The highest BCUT2D eigenvalue weighted by Gasteiger charge is 2.60. The van der Waals surface area contributed by atoms with Crippen LogP contribution in [-0.4, -0.2) is 22.0 Å². The highest BCUT2D eigenvalue weighted by molar-refractivity contribution is 8.00. The quantitative estimate of drug-likeness (QED) is 0.739. The number of rotatable bonds is 2. The number of aromatic amines is 1. The van der Waals surface area contributed by atoms with Crippen LogP contribution in [0.1, 0.15) is 30.7 Å². The molecule has 148 valence electrons. The van der Waals surface area contributed by atoms with Gasteiger partial charge in [0, 0.05) is 10.3 Å². The number of fused-ring (bicyclic) bond motifs is 2. The van der Waals surface area contributed by atoms with E-state index in [1.165, 1.54) is 12.1 Å². The van der Waals surface area contributed by atoms with E-state index in [0.29, 0.717) is 11.4 Å². The van der Waals surface area contributed by atoms with Crippen LogP contribution >= 0.6 is 23.1 Å². The lowest BCUT2D eigenvalue weighted by Crippen LogP contribution is -2.43. The van der Waals surface area contributed by atoms with E-state index in [-0.39, 0.29) is 10.6 Å². The molecule has 2 aromatic rings. The van der Waals surface area contributed by atoms with Crippen molar-refractivity contribution >= 4 is 40.6 Å². The van der Waals surface area contributed by atoms with Gasteiger partial charge in [-0.3, -0.25) is 14.4 Å². The summed E-state index contributed by atoms with van der Waals surface area (Å²) in [6.45, 7) is 3.69. The van der Waals surface area contributed by atoms with Gasteiger partial charge in [0.15, 0.2) is 0 Å². The molecule has 1 N–H and O–H groups in total. The maximum absolute atomic E-state index is 13.2. The van der Waals surface area contributed by atoms with Crippen molar-refractivity contribution < 1.29 is 22.8 Å². The fourth-order valence-corrected chi connectivity index (χ4v) is 6.69. The van der Waals surface area contributed by atoms with Gasteiger partial charge >= 0.3 is 11.0 Å². The third-order valence-corrected chi connectivity index (χ3v) is 8.05. The van der Waals surface area contributed by atoms with Gasteiger partial charge in [-0.15, -0.1) is 0 Å². The number of nitrogens with one attached hydrogen (secondary N) is 1. The first-order valence-corrected chi connectivity index (χ1v) is 10.2. The lowest BCUT2D eigenvalue weighted by atomic mass is 9.72. The highest BCUT2D eigenvalue weighted by atomic mass is 32.2. The van der Waals surface area contributed by atoms with Crippen LogP contribution in [0.4, 0.5) is 18.9 Å². The number of halogens is 3. The number of H-pyrrole nitrogens is 1. The van der Waals surface area contributed by atoms with Crippen LogP contribution in [0.5, 0.6) is 0 Å². The maximum atomic E-state index is 13.2. The number of amides is 2. The SMILES string of the molecule is CCC1(C)c2sc(=O)[nH]c2SC2C(=O)N(c3cccc(C(F)(F)F)c3)C(=O)C21. The average molecular weight is 428 g/mol. The lowest BCUT2D eigenvalue weighted by molar-refractivity contribution is -0.137. The van der Waals surface area contributed by atoms with Crippen LogP contribution in [0.25, 0.3) is 0 Å². The van der Waals surface area contributed by atoms with Crippen molar-refractivity contribution in [2.24, 2.45) is 5.92 Å². The molecule has 1 fully saturated rings. The average Bonchev–Trinajstić information content (AvgIpc) is 3.13. The van der Waals surface area contributed by atoms with Crippen molar-refractivity contribution in [1.29, 1.82) is 0 Å². The highest BCUT2D eigenvalue weighted by Crippen LogP contribution is 2.55. The molecule has 3 atom stereocenters. The molecule has 10 heteroatoms. The minimum Gasteiger partial charge on any atom is -0.307 e. The Bertz CT molecular complexity index is 1050. The summed E-state index contributed by atoms with van der Waals surface area (Å²) >= 11 is 2.12. The third-order valence-electron chi connectivity index (χ3n) is 5.49. The summed E-state index contributed by atoms with van der Waals surface area (Å²) in [4.78, 5) is 42.1. The molecule has 5 nitrogen and oxygen atoms in total. The molecular weight excluding hydrogens is 413 g/mol. The first kappa shape index (κ1) is 19.3. The zero-order chi connectivity index (χ0) is 20.4. The molecule has 1 aromatic carbocycles. The number of anilines is 1. The fourth-order valence-electron chi connectivity index (χ4n) is 3.87. The lowest BCUT2D eigenvalue weighted by Gasteiger charge is -2.38. The number of hydrogen-bond acceptors (Lipinski definition) is 5. The van der Waals surface area contributed by atoms with E-state index in [4.69, 9.17) is 0 Å². The van der Waals surface area contributed by atoms with E-state index in [1.807, 2.05) is 13.8 Å². The van der Waals surface area contributed by atoms with Crippen LogP contribution < -0.4 is 9.77 Å². The normalized spacial score (nSPS) is 27.1. The van der Waals surface area contributed by atoms with Crippen LogP contribution in [0, 0.1) is 5.92 Å². The van der Waals surface area contributed by atoms with Crippen molar-refractivity contribution in [3.05, 3.63) is 44.4 Å². The van der Waals surface area contributed by atoms with Crippen molar-refractivity contribution in [2.75, 3.05) is 4.90 Å². The van der Waals surface area contributed by atoms with Crippen molar-refractivity contribution in [2.45, 2.75) is 42.1 Å². The van der Waals surface area contributed by atoms with E-state index >= 15 is 0 Å². The molecule has 2 aliphatic heterocycles. The van der Waals surface area contributed by atoms with Gasteiger partial charge in [-0.05, 0) is 24.6 Å². The molecule has 2 amide bonds. The van der Waals surface area contributed by atoms with Crippen LogP contribution in [0.2, 0.25) is 0 Å². The molecule has 1 saturated heterocycles. The number of imide groups is 1. The summed E-state index contributed by atoms with van der Waals surface area (Å²) in [5.74, 6) is -1.84. The molecule has 0 saturated carbocycles. The first-order valence-electron chi connectivity index (χ1n) is 8.53. The van der Waals surface area contributed by atoms with Crippen LogP contribution in [0.3, 0.4) is 0 Å². The Morgan fingerprint density at radius 2 is 1.93 bits per heavy atom. The predicted molar refractivity (Wildman–Crippen MR) is 99.7 cm³/mol. The Morgan fingerprint density at radius 3 is 2.57 bits per heavy atom. The Morgan fingerprint density at radius 1 is 1.21 bits per heavy atom. The Balaban J connectivity index is 1.81. The van der Waals surface area contributed by atoms with E-state index in [1.54, 1.807) is 0 Å². The summed E-state index contributed by atoms with van der Waals surface area (Å²) in [6.07, 6.45) is -4.07. The number of aromatic nitrogens is 1. The monoisotopic (exact) mass is 428 g/mol. The molecule has 4 rings (SSSR count). The third kappa shape index (κ3) is 2.65. The van der Waals surface area contributed by atoms with Gasteiger partial charge in [0.25, 0.3) is 0 Å². The molecule has 0 bridgehead atoms. The van der Waals surface area contributed by atoms with Crippen LogP contribution in [-0.2, 0) is 21.2 Å². The van der Waals surface area contributed by atoms with Gasteiger partial charge < -0.3 is 4.98 Å². The maximum Gasteiger partial charge on any atom is 0.416 e. The second-order valence-corrected chi connectivity index (χ2v) is 9.15. The summed E-state index contributed by atoms with van der Waals surface area (Å²) in [7, 11) is 0. The zero-order valence-corrected chi connectivity index (χ0v) is 16.4. The Kier molecular flexibility index (Phi) is 4.27. The fraction of sp³-hybridized carbons (Fsp3) is 0.389. The summed E-state index contributed by atoms with van der Waals surface area (Å²) in [6, 6.07) is 4.22. The number of carbonyl (C=O) groups excluding carboxylic acids is 2. The molecule has 28 heavy (non-hydrogen) atoms. The second kappa shape index (κ2) is 6.21. The summed E-state index contributed by atoms with van der Waals surface area (Å²) in [5.41, 5.74) is -1.76. The number of hydrogen-bond donors (Lipinski definition) is 1. The number of benzene rings is 1. The van der Waals surface area contributed by atoms with E-state index in [0.717, 1.165) is 45.0 Å². The minimum atomic E-state index is -4.58. The van der Waals surface area contributed by atoms with Gasteiger partial charge in [-0.1, -0.05) is 43.0 Å². The molecule has 0 radical (unpaired) electrons. The van der Waals surface area contributed by atoms with Crippen molar-refractivity contribution in [3.63, 3.8) is 0 Å². The van der Waals surface area contributed by atoms with Crippen molar-refractivity contribution in [3.8, 4) is 0 Å². The molecule has 3 heterocycles. The number of nitrogens with zero attached hydrogens (tertiary/aromatic N) is 1. The second-order valence-electron chi connectivity index (χ2n) is 7.02. The number of thioether (sulfide) groups is 1. The van der Waals surface area contributed by atoms with E-state index < -0.39 is 40.1 Å². The molecular formula is C18H15F3N2O3S2. The number of alkyl halides is 3. The molecule has 0 spiro atoms. The molecule has 0 aliphatic carbocycles. The van der Waals surface area contributed by atoms with Gasteiger partial charge in [0.05, 0.1) is 22.2 Å². The topological polar surface area (TPSA) is 70.2 Å². The van der Waals surface area contributed by atoms with Gasteiger partial charge in [-0.2, -0.15) is 13.2 Å². The van der Waals surface area contributed by atoms with Crippen LogP contribution in [0.15, 0.2) is 34.1 Å². The van der Waals surface area contributed by atoms with Gasteiger partial charge in [0.2, 0.25) is 11.8 Å². The molecule has 2 aliphatic rings. The Labute approximate surface area is 165 Å². The number of thiazole rings is 1. The number of carbonyl (C=O) groups is 2. The Hall–Kier alpha value is -2.07. The molecule has 1 aromatic heterocycles. The van der Waals surface area contributed by atoms with Gasteiger partial charge in [0.1, 0.15) is 5.25 Å². The van der Waals surface area contributed by atoms with Gasteiger partial charge in [-0.25, -0.2) is 4.90 Å². The first-order chi connectivity index (χ1) is 13.1. The summed E-state index contributed by atoms with van der Waals surface area (Å²) in [5, 5.41) is -0.225.